The van der Waals surface area contributed by atoms with Gasteiger partial charge in [-0.05, 0) is 59.8 Å². The minimum Gasteiger partial charge on any atom is -0.389 e. The van der Waals surface area contributed by atoms with E-state index < -0.39 is 6.10 Å². The molecule has 0 bridgehead atoms. The van der Waals surface area contributed by atoms with Gasteiger partial charge >= 0.3 is 0 Å². The first-order chi connectivity index (χ1) is 8.13. The van der Waals surface area contributed by atoms with Gasteiger partial charge in [-0.25, -0.2) is 0 Å². The van der Waals surface area contributed by atoms with Crippen LogP contribution in [0, 0.1) is 0 Å². The second-order valence-corrected chi connectivity index (χ2v) is 5.67. The lowest BCUT2D eigenvalue weighted by Gasteiger charge is -2.26. The van der Waals surface area contributed by atoms with E-state index in [0.29, 0.717) is 0 Å². The maximum atomic E-state index is 9.57. The first-order valence-corrected chi connectivity index (χ1v) is 7.17. The lowest BCUT2D eigenvalue weighted by Crippen LogP contribution is -2.26. The van der Waals surface area contributed by atoms with Crippen molar-refractivity contribution in [2.24, 2.45) is 0 Å². The van der Waals surface area contributed by atoms with Gasteiger partial charge < -0.3 is 10.0 Å². The maximum absolute atomic E-state index is 9.57. The van der Waals surface area contributed by atoms with Gasteiger partial charge in [0.15, 0.2) is 0 Å². The Hall–Kier alpha value is -0.540. The second kappa shape index (κ2) is 5.40. The van der Waals surface area contributed by atoms with Crippen LogP contribution in [0.2, 0.25) is 0 Å². The monoisotopic (exact) mass is 297 g/mol. The summed E-state index contributed by atoms with van der Waals surface area (Å²) in [4.78, 5) is 2.48. The van der Waals surface area contributed by atoms with Gasteiger partial charge in [-0.2, -0.15) is 0 Å². The Labute approximate surface area is 112 Å². The average Bonchev–Trinajstić information content (AvgIpc) is 3.10. The molecule has 2 nitrogen and oxygen atoms in total. The van der Waals surface area contributed by atoms with Crippen molar-refractivity contribution in [1.29, 1.82) is 0 Å². The molecule has 1 aromatic rings. The van der Waals surface area contributed by atoms with E-state index in [1.165, 1.54) is 24.9 Å². The Kier molecular flexibility index (Phi) is 4.10. The molecule has 1 unspecified atom stereocenters. The number of aliphatic hydroxyl groups excluding tert-OH is 1. The molecule has 1 fully saturated rings. The van der Waals surface area contributed by atoms with Crippen LogP contribution < -0.4 is 4.90 Å². The summed E-state index contributed by atoms with van der Waals surface area (Å²) >= 11 is 3.63. The van der Waals surface area contributed by atoms with E-state index in [4.69, 9.17) is 0 Å². The van der Waals surface area contributed by atoms with Crippen molar-refractivity contribution in [1.82, 2.24) is 0 Å². The summed E-state index contributed by atoms with van der Waals surface area (Å²) < 4.78 is 1.09. The Morgan fingerprint density at radius 1 is 1.47 bits per heavy atom. The highest BCUT2D eigenvalue weighted by molar-refractivity contribution is 9.10. The van der Waals surface area contributed by atoms with E-state index >= 15 is 0 Å². The van der Waals surface area contributed by atoms with Crippen LogP contribution in [0.4, 0.5) is 5.69 Å². The predicted molar refractivity (Wildman–Crippen MR) is 75.4 cm³/mol. The summed E-state index contributed by atoms with van der Waals surface area (Å²) in [6, 6.07) is 6.91. The van der Waals surface area contributed by atoms with Gasteiger partial charge in [0.05, 0.1) is 11.8 Å². The van der Waals surface area contributed by atoms with Crippen molar-refractivity contribution >= 4 is 21.6 Å². The summed E-state index contributed by atoms with van der Waals surface area (Å²) in [7, 11) is 0. The molecule has 0 aliphatic heterocycles. The molecule has 0 spiro atoms. The van der Waals surface area contributed by atoms with Crippen LogP contribution in [0.15, 0.2) is 22.7 Å². The quantitative estimate of drug-likeness (QED) is 0.891. The topological polar surface area (TPSA) is 23.5 Å². The number of halogens is 1. The number of hydrogen-bond acceptors (Lipinski definition) is 2. The summed E-state index contributed by atoms with van der Waals surface area (Å²) in [5.41, 5.74) is 2.23. The minimum absolute atomic E-state index is 0.402. The van der Waals surface area contributed by atoms with Crippen molar-refractivity contribution in [2.45, 2.75) is 45.3 Å². The molecule has 94 valence electrons. The first kappa shape index (κ1) is 12.9. The smallest absolute Gasteiger partial charge is 0.0762 e. The molecule has 0 aromatic heterocycles. The van der Waals surface area contributed by atoms with E-state index in [2.05, 4.69) is 33.8 Å². The van der Waals surface area contributed by atoms with Gasteiger partial charge in [0.25, 0.3) is 0 Å². The van der Waals surface area contributed by atoms with Crippen LogP contribution in [0.25, 0.3) is 0 Å². The van der Waals surface area contributed by atoms with E-state index in [-0.39, 0.29) is 0 Å². The minimum atomic E-state index is -0.402. The zero-order chi connectivity index (χ0) is 12.4. The molecule has 0 amide bonds. The predicted octanol–water partition coefficient (Wildman–Crippen LogP) is 3.88. The zero-order valence-corrected chi connectivity index (χ0v) is 12.1. The van der Waals surface area contributed by atoms with Gasteiger partial charge in [0.1, 0.15) is 0 Å². The third-order valence-corrected chi connectivity index (χ3v) is 3.85. The van der Waals surface area contributed by atoms with Crippen LogP contribution in [0.1, 0.15) is 44.8 Å². The molecule has 1 aliphatic carbocycles. The fourth-order valence-corrected chi connectivity index (χ4v) is 2.77. The lowest BCUT2D eigenvalue weighted by atomic mass is 10.1. The lowest BCUT2D eigenvalue weighted by molar-refractivity contribution is 0.199. The molecule has 0 saturated heterocycles. The van der Waals surface area contributed by atoms with Crippen molar-refractivity contribution in [3.8, 4) is 0 Å². The van der Waals surface area contributed by atoms with Crippen molar-refractivity contribution < 1.29 is 5.11 Å². The highest BCUT2D eigenvalue weighted by Gasteiger charge is 2.29. The van der Waals surface area contributed by atoms with Gasteiger partial charge in [0.2, 0.25) is 0 Å². The van der Waals surface area contributed by atoms with Crippen molar-refractivity contribution in [3.63, 3.8) is 0 Å². The third-order valence-electron chi connectivity index (χ3n) is 3.22. The largest absolute Gasteiger partial charge is 0.389 e. The number of aliphatic hydroxyl groups is 1. The summed E-state index contributed by atoms with van der Waals surface area (Å²) in [6.45, 7) is 5.12. The SMILES string of the molecule is CCCN(c1ccc(C(C)O)cc1Br)C1CC1. The molecular formula is C14H20BrNO. The van der Waals surface area contributed by atoms with Crippen LogP contribution in [-0.2, 0) is 0 Å². The van der Waals surface area contributed by atoms with Crippen LogP contribution in [0.5, 0.6) is 0 Å². The maximum Gasteiger partial charge on any atom is 0.0762 e. The van der Waals surface area contributed by atoms with Crippen molar-refractivity contribution in [3.05, 3.63) is 28.2 Å². The van der Waals surface area contributed by atoms with Crippen molar-refractivity contribution in [2.75, 3.05) is 11.4 Å². The Balaban J connectivity index is 2.24. The zero-order valence-electron chi connectivity index (χ0n) is 10.5. The highest BCUT2D eigenvalue weighted by Crippen LogP contribution is 2.37. The summed E-state index contributed by atoms with van der Waals surface area (Å²) in [5.74, 6) is 0. The summed E-state index contributed by atoms with van der Waals surface area (Å²) in [6.07, 6.45) is 3.39. The van der Waals surface area contributed by atoms with E-state index in [0.717, 1.165) is 22.6 Å². The average molecular weight is 298 g/mol. The van der Waals surface area contributed by atoms with Gasteiger partial charge in [-0.1, -0.05) is 13.0 Å². The molecule has 2 rings (SSSR count). The molecular weight excluding hydrogens is 278 g/mol. The Morgan fingerprint density at radius 3 is 2.65 bits per heavy atom. The molecule has 1 N–H and O–H groups in total. The van der Waals surface area contributed by atoms with Crippen LogP contribution in [-0.4, -0.2) is 17.7 Å². The van der Waals surface area contributed by atoms with Crippen LogP contribution >= 0.6 is 15.9 Å². The van der Waals surface area contributed by atoms with E-state index in [9.17, 15) is 5.11 Å². The number of nitrogens with zero attached hydrogens (tertiary/aromatic N) is 1. The third kappa shape index (κ3) is 3.02. The second-order valence-electron chi connectivity index (χ2n) is 4.81. The first-order valence-electron chi connectivity index (χ1n) is 6.37. The highest BCUT2D eigenvalue weighted by atomic mass is 79.9. The van der Waals surface area contributed by atoms with E-state index in [1.807, 2.05) is 12.1 Å². The Morgan fingerprint density at radius 2 is 2.18 bits per heavy atom. The fourth-order valence-electron chi connectivity index (χ4n) is 2.14. The number of anilines is 1. The van der Waals surface area contributed by atoms with E-state index in [1.54, 1.807) is 6.92 Å². The molecule has 1 aromatic carbocycles. The normalized spacial score (nSPS) is 16.9. The van der Waals surface area contributed by atoms with Gasteiger partial charge in [-0.3, -0.25) is 0 Å². The molecule has 17 heavy (non-hydrogen) atoms. The van der Waals surface area contributed by atoms with Crippen LogP contribution in [0.3, 0.4) is 0 Å². The number of rotatable bonds is 5. The standard InChI is InChI=1S/C14H20BrNO/c1-3-8-16(12-5-6-12)14-7-4-11(10(2)17)9-13(14)15/h4,7,9-10,12,17H,3,5-6,8H2,1-2H3. The fraction of sp³-hybridized carbons (Fsp3) is 0.571. The van der Waals surface area contributed by atoms with Gasteiger partial charge in [0, 0.05) is 17.1 Å². The molecule has 1 atom stereocenters. The summed E-state index contributed by atoms with van der Waals surface area (Å²) in [5, 5.41) is 9.57. The molecule has 0 heterocycles. The Bertz CT molecular complexity index is 388. The number of hydrogen-bond donors (Lipinski definition) is 1. The molecule has 1 aliphatic rings. The molecule has 1 saturated carbocycles. The number of benzene rings is 1. The van der Waals surface area contributed by atoms with Gasteiger partial charge in [-0.15, -0.1) is 0 Å². The molecule has 0 radical (unpaired) electrons. The molecule has 3 heteroatoms.